The molecule has 3 aromatic rings. The standard InChI is InChI=1S/C10H6N4O3/c15-14(16)6-4-7-9(8-2-1-3-17-8)12-13-10(7)11-5-6/h1-5H,(H,11,12,13). The SMILES string of the molecule is O=[N+]([O-])c1cnc2[nH]nc(-c3ccco3)c2c1. The molecule has 0 aliphatic carbocycles. The lowest BCUT2D eigenvalue weighted by molar-refractivity contribution is -0.385. The molecular formula is C10H6N4O3. The summed E-state index contributed by atoms with van der Waals surface area (Å²) in [5.41, 5.74) is 0.926. The predicted octanol–water partition coefficient (Wildman–Crippen LogP) is 2.13. The Morgan fingerprint density at radius 1 is 1.47 bits per heavy atom. The summed E-state index contributed by atoms with van der Waals surface area (Å²) in [4.78, 5) is 14.1. The molecule has 7 nitrogen and oxygen atoms in total. The topological polar surface area (TPSA) is 97.8 Å². The molecule has 0 bridgehead atoms. The van der Waals surface area contributed by atoms with Gasteiger partial charge in [0.15, 0.2) is 11.4 Å². The van der Waals surface area contributed by atoms with E-state index in [2.05, 4.69) is 15.2 Å². The zero-order valence-electron chi connectivity index (χ0n) is 8.45. The van der Waals surface area contributed by atoms with Gasteiger partial charge in [0.1, 0.15) is 11.9 Å². The van der Waals surface area contributed by atoms with Gasteiger partial charge in [-0.3, -0.25) is 15.2 Å². The number of aromatic amines is 1. The quantitative estimate of drug-likeness (QED) is 0.537. The Morgan fingerprint density at radius 3 is 3.06 bits per heavy atom. The van der Waals surface area contributed by atoms with Crippen LogP contribution in [0.2, 0.25) is 0 Å². The van der Waals surface area contributed by atoms with Crippen molar-refractivity contribution in [3.05, 3.63) is 40.8 Å². The maximum Gasteiger partial charge on any atom is 0.288 e. The zero-order valence-corrected chi connectivity index (χ0v) is 8.45. The molecule has 3 aromatic heterocycles. The lowest BCUT2D eigenvalue weighted by Crippen LogP contribution is -1.88. The minimum absolute atomic E-state index is 0.0771. The average Bonchev–Trinajstić information content (AvgIpc) is 2.96. The third kappa shape index (κ3) is 1.44. The van der Waals surface area contributed by atoms with Crippen LogP contribution < -0.4 is 0 Å². The van der Waals surface area contributed by atoms with Crippen molar-refractivity contribution in [2.75, 3.05) is 0 Å². The van der Waals surface area contributed by atoms with Crippen LogP contribution in [0, 0.1) is 10.1 Å². The molecule has 0 radical (unpaired) electrons. The van der Waals surface area contributed by atoms with Gasteiger partial charge in [-0.2, -0.15) is 5.10 Å². The largest absolute Gasteiger partial charge is 0.463 e. The lowest BCUT2D eigenvalue weighted by Gasteiger charge is -1.92. The first-order chi connectivity index (χ1) is 8.25. The minimum Gasteiger partial charge on any atom is -0.463 e. The zero-order chi connectivity index (χ0) is 11.8. The predicted molar refractivity (Wildman–Crippen MR) is 58.2 cm³/mol. The second-order valence-electron chi connectivity index (χ2n) is 3.40. The third-order valence-corrected chi connectivity index (χ3v) is 2.37. The molecule has 7 heteroatoms. The molecule has 0 aromatic carbocycles. The van der Waals surface area contributed by atoms with Crippen LogP contribution in [0.25, 0.3) is 22.5 Å². The number of nitrogens with zero attached hydrogens (tertiary/aromatic N) is 3. The molecule has 1 N–H and O–H groups in total. The van der Waals surface area contributed by atoms with Gasteiger partial charge in [0.2, 0.25) is 0 Å². The molecule has 0 amide bonds. The van der Waals surface area contributed by atoms with Crippen molar-refractivity contribution in [1.82, 2.24) is 15.2 Å². The van der Waals surface area contributed by atoms with Crippen molar-refractivity contribution in [1.29, 1.82) is 0 Å². The summed E-state index contributed by atoms with van der Waals surface area (Å²) >= 11 is 0. The number of aromatic nitrogens is 3. The number of furan rings is 1. The number of pyridine rings is 1. The van der Waals surface area contributed by atoms with Crippen LogP contribution in [0.4, 0.5) is 5.69 Å². The number of nitro groups is 1. The molecule has 0 atom stereocenters. The molecule has 0 spiro atoms. The van der Waals surface area contributed by atoms with E-state index in [9.17, 15) is 10.1 Å². The van der Waals surface area contributed by atoms with Crippen molar-refractivity contribution >= 4 is 16.7 Å². The highest BCUT2D eigenvalue weighted by Crippen LogP contribution is 2.27. The summed E-state index contributed by atoms with van der Waals surface area (Å²) in [5.74, 6) is 0.540. The first-order valence-electron chi connectivity index (χ1n) is 4.78. The fraction of sp³-hybridized carbons (Fsp3) is 0. The second-order valence-corrected chi connectivity index (χ2v) is 3.40. The van der Waals surface area contributed by atoms with Gasteiger partial charge in [0.25, 0.3) is 5.69 Å². The second kappa shape index (κ2) is 3.41. The van der Waals surface area contributed by atoms with Crippen LogP contribution >= 0.6 is 0 Å². The van der Waals surface area contributed by atoms with Crippen LogP contribution in [0.1, 0.15) is 0 Å². The Hall–Kier alpha value is -2.70. The Bertz CT molecular complexity index is 687. The number of fused-ring (bicyclic) bond motifs is 1. The van der Waals surface area contributed by atoms with Crippen molar-refractivity contribution in [2.24, 2.45) is 0 Å². The Labute approximate surface area is 94.2 Å². The Balaban J connectivity index is 2.26. The third-order valence-electron chi connectivity index (χ3n) is 2.37. The van der Waals surface area contributed by atoms with Gasteiger partial charge in [-0.15, -0.1) is 0 Å². The summed E-state index contributed by atoms with van der Waals surface area (Å²) in [5, 5.41) is 18.0. The highest BCUT2D eigenvalue weighted by Gasteiger charge is 2.15. The smallest absolute Gasteiger partial charge is 0.288 e. The van der Waals surface area contributed by atoms with Gasteiger partial charge in [-0.05, 0) is 12.1 Å². The number of rotatable bonds is 2. The van der Waals surface area contributed by atoms with Crippen LogP contribution in [0.3, 0.4) is 0 Å². The number of H-pyrrole nitrogens is 1. The highest BCUT2D eigenvalue weighted by molar-refractivity contribution is 5.90. The monoisotopic (exact) mass is 230 g/mol. The molecule has 0 saturated heterocycles. The Morgan fingerprint density at radius 2 is 2.35 bits per heavy atom. The van der Waals surface area contributed by atoms with E-state index in [1.165, 1.54) is 18.5 Å². The molecule has 3 heterocycles. The normalized spacial score (nSPS) is 10.8. The summed E-state index contributed by atoms with van der Waals surface area (Å²) in [6.07, 6.45) is 2.70. The summed E-state index contributed by atoms with van der Waals surface area (Å²) in [6.45, 7) is 0. The van der Waals surface area contributed by atoms with Gasteiger partial charge in [-0.25, -0.2) is 4.98 Å². The number of hydrogen-bond donors (Lipinski definition) is 1. The van der Waals surface area contributed by atoms with Gasteiger partial charge in [0, 0.05) is 6.07 Å². The van der Waals surface area contributed by atoms with Crippen LogP contribution in [0.5, 0.6) is 0 Å². The molecule has 17 heavy (non-hydrogen) atoms. The highest BCUT2D eigenvalue weighted by atomic mass is 16.6. The first kappa shape index (κ1) is 9.52. The number of hydrogen-bond acceptors (Lipinski definition) is 5. The van der Waals surface area contributed by atoms with Gasteiger partial charge >= 0.3 is 0 Å². The maximum atomic E-state index is 10.7. The summed E-state index contributed by atoms with van der Waals surface area (Å²) in [7, 11) is 0. The van der Waals surface area contributed by atoms with Gasteiger partial charge < -0.3 is 4.42 Å². The molecule has 0 fully saturated rings. The molecule has 0 aliphatic heterocycles. The van der Waals surface area contributed by atoms with E-state index in [1.54, 1.807) is 12.1 Å². The van der Waals surface area contributed by atoms with Gasteiger partial charge in [-0.1, -0.05) is 0 Å². The molecule has 3 rings (SSSR count). The van der Waals surface area contributed by atoms with E-state index in [1.807, 2.05) is 0 Å². The number of nitrogens with one attached hydrogen (secondary N) is 1. The lowest BCUT2D eigenvalue weighted by atomic mass is 10.2. The van der Waals surface area contributed by atoms with Crippen LogP contribution in [-0.4, -0.2) is 20.1 Å². The van der Waals surface area contributed by atoms with E-state index in [4.69, 9.17) is 4.42 Å². The molecule has 0 unspecified atom stereocenters. The molecule has 0 saturated carbocycles. The van der Waals surface area contributed by atoms with Crippen molar-refractivity contribution in [3.8, 4) is 11.5 Å². The Kier molecular flexibility index (Phi) is 1.91. The van der Waals surface area contributed by atoms with E-state index in [0.717, 1.165) is 0 Å². The van der Waals surface area contributed by atoms with Crippen LogP contribution in [-0.2, 0) is 0 Å². The fourth-order valence-corrected chi connectivity index (χ4v) is 1.59. The van der Waals surface area contributed by atoms with Crippen LogP contribution in [0.15, 0.2) is 35.1 Å². The summed E-state index contributed by atoms with van der Waals surface area (Å²) in [6, 6.07) is 4.87. The van der Waals surface area contributed by atoms with E-state index >= 15 is 0 Å². The van der Waals surface area contributed by atoms with Gasteiger partial charge in [0.05, 0.1) is 16.6 Å². The van der Waals surface area contributed by atoms with Crippen molar-refractivity contribution < 1.29 is 9.34 Å². The summed E-state index contributed by atoms with van der Waals surface area (Å²) < 4.78 is 5.21. The van der Waals surface area contributed by atoms with E-state index in [-0.39, 0.29) is 5.69 Å². The maximum absolute atomic E-state index is 10.7. The average molecular weight is 230 g/mol. The first-order valence-corrected chi connectivity index (χ1v) is 4.78. The van der Waals surface area contributed by atoms with E-state index < -0.39 is 4.92 Å². The fourth-order valence-electron chi connectivity index (χ4n) is 1.59. The van der Waals surface area contributed by atoms with E-state index in [0.29, 0.717) is 22.5 Å². The van der Waals surface area contributed by atoms with Crippen molar-refractivity contribution in [2.45, 2.75) is 0 Å². The minimum atomic E-state index is -0.495. The molecule has 84 valence electrons. The van der Waals surface area contributed by atoms with Crippen molar-refractivity contribution in [3.63, 3.8) is 0 Å². The molecule has 0 aliphatic rings. The molecular weight excluding hydrogens is 224 g/mol.